The lowest BCUT2D eigenvalue weighted by atomic mass is 10.1. The minimum absolute atomic E-state index is 0.245. The van der Waals surface area contributed by atoms with Crippen LogP contribution in [0.1, 0.15) is 10.4 Å². The highest BCUT2D eigenvalue weighted by Gasteiger charge is 2.21. The molecule has 0 bridgehead atoms. The van der Waals surface area contributed by atoms with Crippen molar-refractivity contribution in [2.24, 2.45) is 7.05 Å². The maximum absolute atomic E-state index is 13.0. The highest BCUT2D eigenvalue weighted by Crippen LogP contribution is 2.33. The van der Waals surface area contributed by atoms with Crippen LogP contribution in [0.2, 0.25) is 0 Å². The molecular formula is C16H12FNO2. The number of carbonyl (C=O) groups is 1. The number of halogens is 1. The van der Waals surface area contributed by atoms with Gasteiger partial charge in [-0.15, -0.1) is 0 Å². The minimum Gasteiger partial charge on any atom is -0.478 e. The summed E-state index contributed by atoms with van der Waals surface area (Å²) in [7, 11) is 1.81. The molecule has 0 radical (unpaired) electrons. The second-order valence-corrected chi connectivity index (χ2v) is 4.61. The van der Waals surface area contributed by atoms with Crippen LogP contribution in [0, 0.1) is 5.82 Å². The summed E-state index contributed by atoms with van der Waals surface area (Å²) < 4.78 is 14.9. The van der Waals surface area contributed by atoms with Crippen molar-refractivity contribution < 1.29 is 14.3 Å². The van der Waals surface area contributed by atoms with Gasteiger partial charge in [-0.3, -0.25) is 0 Å². The molecule has 0 amide bonds. The van der Waals surface area contributed by atoms with Crippen molar-refractivity contribution in [3.63, 3.8) is 0 Å². The van der Waals surface area contributed by atoms with Crippen molar-refractivity contribution in [1.29, 1.82) is 0 Å². The van der Waals surface area contributed by atoms with Crippen molar-refractivity contribution in [2.45, 2.75) is 0 Å². The number of para-hydroxylation sites is 1. The second-order valence-electron chi connectivity index (χ2n) is 4.61. The normalized spacial score (nSPS) is 10.9. The Hall–Kier alpha value is -2.62. The van der Waals surface area contributed by atoms with Crippen molar-refractivity contribution in [3.8, 4) is 11.3 Å². The van der Waals surface area contributed by atoms with Crippen molar-refractivity contribution >= 4 is 16.9 Å². The number of carboxylic acid groups (broad SMARTS) is 1. The molecule has 1 aromatic heterocycles. The average Bonchev–Trinajstić information content (AvgIpc) is 2.74. The lowest BCUT2D eigenvalue weighted by molar-refractivity contribution is 0.0699. The topological polar surface area (TPSA) is 42.2 Å². The fraction of sp³-hybridized carbons (Fsp3) is 0.0625. The first-order valence-corrected chi connectivity index (χ1v) is 6.16. The molecular weight excluding hydrogens is 257 g/mol. The number of hydrogen-bond acceptors (Lipinski definition) is 1. The smallest absolute Gasteiger partial charge is 0.338 e. The van der Waals surface area contributed by atoms with E-state index in [1.54, 1.807) is 18.2 Å². The van der Waals surface area contributed by atoms with Gasteiger partial charge in [-0.2, -0.15) is 0 Å². The largest absolute Gasteiger partial charge is 0.478 e. The quantitative estimate of drug-likeness (QED) is 0.771. The Morgan fingerprint density at radius 3 is 2.40 bits per heavy atom. The zero-order chi connectivity index (χ0) is 14.3. The van der Waals surface area contributed by atoms with Crippen LogP contribution in [-0.4, -0.2) is 15.6 Å². The SMILES string of the molecule is Cn1c(-c2ccc(F)cc2)c(C(=O)O)c2ccccc21. The number of aromatic nitrogens is 1. The molecule has 20 heavy (non-hydrogen) atoms. The third-order valence-corrected chi connectivity index (χ3v) is 3.44. The summed E-state index contributed by atoms with van der Waals surface area (Å²) in [5, 5.41) is 10.2. The first-order valence-electron chi connectivity index (χ1n) is 6.16. The van der Waals surface area contributed by atoms with Gasteiger partial charge in [0.1, 0.15) is 5.82 Å². The van der Waals surface area contributed by atoms with Gasteiger partial charge in [-0.25, -0.2) is 9.18 Å². The van der Waals surface area contributed by atoms with E-state index >= 15 is 0 Å². The molecule has 100 valence electrons. The summed E-state index contributed by atoms with van der Waals surface area (Å²) in [6, 6.07) is 13.2. The third kappa shape index (κ3) is 1.77. The Labute approximate surface area is 114 Å². The van der Waals surface area contributed by atoms with E-state index in [0.29, 0.717) is 16.6 Å². The molecule has 0 unspecified atom stereocenters. The predicted octanol–water partition coefficient (Wildman–Crippen LogP) is 3.68. The molecule has 0 atom stereocenters. The minimum atomic E-state index is -0.985. The average molecular weight is 269 g/mol. The van der Waals surface area contributed by atoms with Gasteiger partial charge in [0.2, 0.25) is 0 Å². The van der Waals surface area contributed by atoms with Gasteiger partial charge in [0, 0.05) is 18.0 Å². The molecule has 0 aliphatic carbocycles. The van der Waals surface area contributed by atoms with E-state index in [2.05, 4.69) is 0 Å². The van der Waals surface area contributed by atoms with Crippen LogP contribution in [0.4, 0.5) is 4.39 Å². The van der Waals surface area contributed by atoms with Crippen molar-refractivity contribution in [1.82, 2.24) is 4.57 Å². The fourth-order valence-corrected chi connectivity index (χ4v) is 2.56. The Morgan fingerprint density at radius 1 is 1.10 bits per heavy atom. The number of benzene rings is 2. The summed E-state index contributed by atoms with van der Waals surface area (Å²) >= 11 is 0. The van der Waals surface area contributed by atoms with Crippen LogP contribution in [-0.2, 0) is 7.05 Å². The van der Waals surface area contributed by atoms with E-state index in [0.717, 1.165) is 5.52 Å². The van der Waals surface area contributed by atoms with Crippen LogP contribution in [0.5, 0.6) is 0 Å². The molecule has 2 aromatic carbocycles. The number of hydrogen-bond donors (Lipinski definition) is 1. The molecule has 0 fully saturated rings. The molecule has 3 rings (SSSR count). The Bertz CT molecular complexity index is 803. The number of aromatic carboxylic acids is 1. The molecule has 0 saturated carbocycles. The van der Waals surface area contributed by atoms with E-state index < -0.39 is 5.97 Å². The van der Waals surface area contributed by atoms with Gasteiger partial charge in [-0.05, 0) is 35.9 Å². The summed E-state index contributed by atoms with van der Waals surface area (Å²) in [5.41, 5.74) is 2.35. The van der Waals surface area contributed by atoms with Gasteiger partial charge < -0.3 is 9.67 Å². The molecule has 1 N–H and O–H groups in total. The molecule has 0 aliphatic heterocycles. The maximum atomic E-state index is 13.0. The van der Waals surface area contributed by atoms with Crippen LogP contribution in [0.15, 0.2) is 48.5 Å². The lowest BCUT2D eigenvalue weighted by Gasteiger charge is -2.06. The molecule has 3 nitrogen and oxygen atoms in total. The molecule has 4 heteroatoms. The summed E-state index contributed by atoms with van der Waals surface area (Å²) in [6.45, 7) is 0. The van der Waals surface area contributed by atoms with E-state index in [1.165, 1.54) is 12.1 Å². The number of rotatable bonds is 2. The van der Waals surface area contributed by atoms with E-state index in [-0.39, 0.29) is 11.4 Å². The molecule has 1 heterocycles. The van der Waals surface area contributed by atoms with Crippen LogP contribution in [0.25, 0.3) is 22.2 Å². The first-order chi connectivity index (χ1) is 9.59. The Kier molecular flexibility index (Phi) is 2.79. The highest BCUT2D eigenvalue weighted by atomic mass is 19.1. The maximum Gasteiger partial charge on any atom is 0.338 e. The summed E-state index contributed by atoms with van der Waals surface area (Å²) in [4.78, 5) is 11.6. The zero-order valence-corrected chi connectivity index (χ0v) is 10.8. The molecule has 0 aliphatic rings. The van der Waals surface area contributed by atoms with Gasteiger partial charge >= 0.3 is 5.97 Å². The highest BCUT2D eigenvalue weighted by molar-refractivity contribution is 6.09. The van der Waals surface area contributed by atoms with E-state index in [4.69, 9.17) is 0 Å². The molecule has 0 saturated heterocycles. The molecule has 3 aromatic rings. The lowest BCUT2D eigenvalue weighted by Crippen LogP contribution is -2.00. The number of carboxylic acids is 1. The van der Waals surface area contributed by atoms with Crippen molar-refractivity contribution in [2.75, 3.05) is 0 Å². The van der Waals surface area contributed by atoms with Crippen LogP contribution < -0.4 is 0 Å². The monoisotopic (exact) mass is 269 g/mol. The van der Waals surface area contributed by atoms with E-state index in [1.807, 2.05) is 29.8 Å². The second kappa shape index (κ2) is 4.49. The molecule has 0 spiro atoms. The zero-order valence-electron chi connectivity index (χ0n) is 10.8. The number of nitrogens with zero attached hydrogens (tertiary/aromatic N) is 1. The van der Waals surface area contributed by atoms with Gasteiger partial charge in [-0.1, -0.05) is 18.2 Å². The van der Waals surface area contributed by atoms with Gasteiger partial charge in [0.15, 0.2) is 0 Å². The summed E-state index contributed by atoms with van der Waals surface area (Å²) in [6.07, 6.45) is 0. The number of aryl methyl sites for hydroxylation is 1. The number of fused-ring (bicyclic) bond motifs is 1. The third-order valence-electron chi connectivity index (χ3n) is 3.44. The Balaban J connectivity index is 2.39. The predicted molar refractivity (Wildman–Crippen MR) is 75.3 cm³/mol. The fourth-order valence-electron chi connectivity index (χ4n) is 2.56. The first kappa shape index (κ1) is 12.4. The van der Waals surface area contributed by atoms with E-state index in [9.17, 15) is 14.3 Å². The van der Waals surface area contributed by atoms with Gasteiger partial charge in [0.25, 0.3) is 0 Å². The van der Waals surface area contributed by atoms with Crippen LogP contribution >= 0.6 is 0 Å². The summed E-state index contributed by atoms with van der Waals surface area (Å²) in [5.74, 6) is -1.33. The standard InChI is InChI=1S/C16H12FNO2/c1-18-13-5-3-2-4-12(13)14(16(19)20)15(18)10-6-8-11(17)9-7-10/h2-9H,1H3,(H,19,20). The Morgan fingerprint density at radius 2 is 1.75 bits per heavy atom. The van der Waals surface area contributed by atoms with Gasteiger partial charge in [0.05, 0.1) is 11.3 Å². The van der Waals surface area contributed by atoms with Crippen molar-refractivity contribution in [3.05, 3.63) is 59.9 Å². The van der Waals surface area contributed by atoms with Crippen LogP contribution in [0.3, 0.4) is 0 Å².